The summed E-state index contributed by atoms with van der Waals surface area (Å²) < 4.78 is 1.21. The Hall–Kier alpha value is -2.22. The molecule has 8 heteroatoms. The Kier molecular flexibility index (Phi) is 4.14. The maximum Gasteiger partial charge on any atom is 0.325 e. The molecular formula is C12H14N4O3S. The van der Waals surface area contributed by atoms with Crippen molar-refractivity contribution in [3.05, 3.63) is 33.3 Å². The van der Waals surface area contributed by atoms with Crippen LogP contribution in [0.1, 0.15) is 25.8 Å². The van der Waals surface area contributed by atoms with Crippen LogP contribution in [0.25, 0.3) is 0 Å². The molecule has 0 fully saturated rings. The minimum Gasteiger partial charge on any atom is -0.480 e. The van der Waals surface area contributed by atoms with E-state index in [1.54, 1.807) is 11.3 Å². The molecule has 0 unspecified atom stereocenters. The Balaban J connectivity index is 1.95. The molecule has 0 atom stereocenters. The van der Waals surface area contributed by atoms with Gasteiger partial charge in [-0.15, -0.1) is 16.4 Å². The van der Waals surface area contributed by atoms with Gasteiger partial charge in [-0.05, 0) is 19.9 Å². The molecule has 20 heavy (non-hydrogen) atoms. The summed E-state index contributed by atoms with van der Waals surface area (Å²) in [5.74, 6) is -1.16. The van der Waals surface area contributed by atoms with Gasteiger partial charge in [-0.1, -0.05) is 5.21 Å². The van der Waals surface area contributed by atoms with Gasteiger partial charge in [0.2, 0.25) is 0 Å². The SMILES string of the molecule is Cc1cc(C(=O)NCc2cn(CC(=O)O)nn2)c(C)s1. The molecule has 0 bridgehead atoms. The molecule has 0 saturated carbocycles. The van der Waals surface area contributed by atoms with Crippen LogP contribution in [0.3, 0.4) is 0 Å². The molecule has 2 heterocycles. The number of nitrogens with zero attached hydrogens (tertiary/aromatic N) is 3. The molecule has 0 aromatic carbocycles. The highest BCUT2D eigenvalue weighted by molar-refractivity contribution is 7.12. The Morgan fingerprint density at radius 1 is 1.45 bits per heavy atom. The quantitative estimate of drug-likeness (QED) is 0.856. The number of aryl methyl sites for hydroxylation is 2. The lowest BCUT2D eigenvalue weighted by Crippen LogP contribution is -2.23. The van der Waals surface area contributed by atoms with E-state index in [0.29, 0.717) is 11.3 Å². The molecule has 0 spiro atoms. The highest BCUT2D eigenvalue weighted by Crippen LogP contribution is 2.20. The Labute approximate surface area is 119 Å². The third kappa shape index (κ3) is 3.41. The fraction of sp³-hybridized carbons (Fsp3) is 0.333. The van der Waals surface area contributed by atoms with E-state index >= 15 is 0 Å². The van der Waals surface area contributed by atoms with Crippen LogP contribution < -0.4 is 5.32 Å². The molecule has 0 aliphatic heterocycles. The van der Waals surface area contributed by atoms with E-state index < -0.39 is 5.97 Å². The van der Waals surface area contributed by atoms with Crippen LogP contribution in [0, 0.1) is 13.8 Å². The monoisotopic (exact) mass is 294 g/mol. The highest BCUT2D eigenvalue weighted by atomic mass is 32.1. The van der Waals surface area contributed by atoms with Crippen molar-refractivity contribution in [3.63, 3.8) is 0 Å². The van der Waals surface area contributed by atoms with Gasteiger partial charge >= 0.3 is 5.97 Å². The number of aliphatic carboxylic acids is 1. The zero-order valence-electron chi connectivity index (χ0n) is 11.1. The molecule has 2 rings (SSSR count). The summed E-state index contributed by atoms with van der Waals surface area (Å²) in [4.78, 5) is 24.5. The number of thiophene rings is 1. The first-order chi connectivity index (χ1) is 9.45. The Morgan fingerprint density at radius 2 is 2.20 bits per heavy atom. The van der Waals surface area contributed by atoms with Crippen LogP contribution in [0.5, 0.6) is 0 Å². The van der Waals surface area contributed by atoms with Crippen molar-refractivity contribution in [3.8, 4) is 0 Å². The van der Waals surface area contributed by atoms with E-state index in [-0.39, 0.29) is 19.0 Å². The topological polar surface area (TPSA) is 97.1 Å². The van der Waals surface area contributed by atoms with Gasteiger partial charge in [-0.2, -0.15) is 0 Å². The Bertz CT molecular complexity index is 647. The normalized spacial score (nSPS) is 10.5. The molecule has 2 aromatic heterocycles. The summed E-state index contributed by atoms with van der Waals surface area (Å²) in [5.41, 5.74) is 1.18. The number of carbonyl (C=O) groups is 2. The van der Waals surface area contributed by atoms with Crippen molar-refractivity contribution in [2.75, 3.05) is 0 Å². The zero-order chi connectivity index (χ0) is 14.7. The van der Waals surface area contributed by atoms with Crippen LogP contribution >= 0.6 is 11.3 Å². The van der Waals surface area contributed by atoms with Crippen molar-refractivity contribution in [2.45, 2.75) is 26.9 Å². The molecule has 0 aliphatic rings. The van der Waals surface area contributed by atoms with Crippen molar-refractivity contribution >= 4 is 23.2 Å². The number of aromatic nitrogens is 3. The standard InChI is InChI=1S/C12H14N4O3S/c1-7-3-10(8(2)20-7)12(19)13-4-9-5-16(15-14-9)6-11(17)18/h3,5H,4,6H2,1-2H3,(H,13,19)(H,17,18). The lowest BCUT2D eigenvalue weighted by Gasteiger charge is -2.01. The maximum atomic E-state index is 12.0. The first kappa shape index (κ1) is 14.2. The van der Waals surface area contributed by atoms with E-state index in [4.69, 9.17) is 5.11 Å². The number of carbonyl (C=O) groups excluding carboxylic acids is 1. The third-order valence-electron chi connectivity index (χ3n) is 2.60. The highest BCUT2D eigenvalue weighted by Gasteiger charge is 2.12. The fourth-order valence-electron chi connectivity index (χ4n) is 1.76. The van der Waals surface area contributed by atoms with Crippen LogP contribution in [0.15, 0.2) is 12.3 Å². The van der Waals surface area contributed by atoms with Gasteiger partial charge in [-0.25, -0.2) is 4.68 Å². The Morgan fingerprint density at radius 3 is 2.80 bits per heavy atom. The van der Waals surface area contributed by atoms with Gasteiger partial charge in [0.1, 0.15) is 12.2 Å². The van der Waals surface area contributed by atoms with Crippen molar-refractivity contribution in [1.29, 1.82) is 0 Å². The minimum absolute atomic E-state index is 0.167. The van der Waals surface area contributed by atoms with Gasteiger partial charge < -0.3 is 10.4 Å². The van der Waals surface area contributed by atoms with Crippen LogP contribution in [0.4, 0.5) is 0 Å². The van der Waals surface area contributed by atoms with Crippen molar-refractivity contribution in [2.24, 2.45) is 0 Å². The summed E-state index contributed by atoms with van der Waals surface area (Å²) in [6, 6.07) is 1.84. The summed E-state index contributed by atoms with van der Waals surface area (Å²) >= 11 is 1.57. The first-order valence-corrected chi connectivity index (χ1v) is 6.73. The van der Waals surface area contributed by atoms with E-state index in [1.165, 1.54) is 10.9 Å². The average molecular weight is 294 g/mol. The predicted octanol–water partition coefficient (Wildman–Crippen LogP) is 0.971. The van der Waals surface area contributed by atoms with Gasteiger partial charge in [0.25, 0.3) is 5.91 Å². The fourth-order valence-corrected chi connectivity index (χ4v) is 2.68. The van der Waals surface area contributed by atoms with E-state index in [1.807, 2.05) is 19.9 Å². The number of amides is 1. The number of hydrogen-bond acceptors (Lipinski definition) is 5. The maximum absolute atomic E-state index is 12.0. The molecular weight excluding hydrogens is 280 g/mol. The molecule has 1 amide bonds. The van der Waals surface area contributed by atoms with Crippen LogP contribution in [0.2, 0.25) is 0 Å². The first-order valence-electron chi connectivity index (χ1n) is 5.91. The summed E-state index contributed by atoms with van der Waals surface area (Å²) in [6.45, 7) is 3.82. The second-order valence-electron chi connectivity index (χ2n) is 4.31. The van der Waals surface area contributed by atoms with Crippen molar-refractivity contribution < 1.29 is 14.7 Å². The second-order valence-corrected chi connectivity index (χ2v) is 5.77. The zero-order valence-corrected chi connectivity index (χ0v) is 11.9. The number of carboxylic acid groups (broad SMARTS) is 1. The largest absolute Gasteiger partial charge is 0.480 e. The second kappa shape index (κ2) is 5.83. The molecule has 7 nitrogen and oxygen atoms in total. The average Bonchev–Trinajstić information content (AvgIpc) is 2.92. The molecule has 0 radical (unpaired) electrons. The number of rotatable bonds is 5. The van der Waals surface area contributed by atoms with Gasteiger partial charge in [0, 0.05) is 9.75 Å². The summed E-state index contributed by atoms with van der Waals surface area (Å²) in [7, 11) is 0. The van der Waals surface area contributed by atoms with Crippen molar-refractivity contribution in [1.82, 2.24) is 20.3 Å². The van der Waals surface area contributed by atoms with Crippen LogP contribution in [-0.2, 0) is 17.9 Å². The van der Waals surface area contributed by atoms with Gasteiger partial charge in [0.15, 0.2) is 0 Å². The number of carboxylic acids is 1. The van der Waals surface area contributed by atoms with E-state index in [2.05, 4.69) is 15.6 Å². The van der Waals surface area contributed by atoms with Gasteiger partial charge in [0.05, 0.1) is 18.3 Å². The van der Waals surface area contributed by atoms with Crippen LogP contribution in [-0.4, -0.2) is 32.0 Å². The third-order valence-corrected chi connectivity index (χ3v) is 3.56. The molecule has 0 saturated heterocycles. The predicted molar refractivity (Wildman–Crippen MR) is 72.6 cm³/mol. The minimum atomic E-state index is -0.991. The lowest BCUT2D eigenvalue weighted by atomic mass is 10.2. The molecule has 2 aromatic rings. The molecule has 2 N–H and O–H groups in total. The summed E-state index contributed by atoms with van der Waals surface area (Å²) in [6.07, 6.45) is 1.50. The molecule has 0 aliphatic carbocycles. The molecule has 106 valence electrons. The van der Waals surface area contributed by atoms with E-state index in [0.717, 1.165) is 9.75 Å². The smallest absolute Gasteiger partial charge is 0.325 e. The van der Waals surface area contributed by atoms with Gasteiger partial charge in [-0.3, -0.25) is 9.59 Å². The number of nitrogens with one attached hydrogen (secondary N) is 1. The lowest BCUT2D eigenvalue weighted by molar-refractivity contribution is -0.137. The summed E-state index contributed by atoms with van der Waals surface area (Å²) in [5, 5.41) is 18.8. The number of hydrogen-bond donors (Lipinski definition) is 2. The van der Waals surface area contributed by atoms with E-state index in [9.17, 15) is 9.59 Å².